The Morgan fingerprint density at radius 1 is 1.35 bits per heavy atom. The molecule has 0 spiro atoms. The third-order valence-corrected chi connectivity index (χ3v) is 2.64. The molecule has 0 bridgehead atoms. The molecule has 6 heteroatoms. The second-order valence-electron chi connectivity index (χ2n) is 5.27. The van der Waals surface area contributed by atoms with Crippen LogP contribution < -0.4 is 0 Å². The third kappa shape index (κ3) is 3.59. The summed E-state index contributed by atoms with van der Waals surface area (Å²) in [7, 11) is 0. The van der Waals surface area contributed by atoms with Gasteiger partial charge in [-0.25, -0.2) is 4.79 Å². The Morgan fingerprint density at radius 3 is 2.29 bits per heavy atom. The van der Waals surface area contributed by atoms with Crippen molar-refractivity contribution >= 4 is 12.1 Å². The molecule has 2 atom stereocenters. The maximum atomic E-state index is 11.7. The SMILES string of the molecule is CC(C)(C)OC(=O)N1C[C@@H](CO)[C@H](C(=O)O)C1. The van der Waals surface area contributed by atoms with Crippen molar-refractivity contribution < 1.29 is 24.5 Å². The molecule has 17 heavy (non-hydrogen) atoms. The molecule has 6 nitrogen and oxygen atoms in total. The monoisotopic (exact) mass is 245 g/mol. The van der Waals surface area contributed by atoms with Gasteiger partial charge in [-0.15, -0.1) is 0 Å². The molecule has 0 radical (unpaired) electrons. The third-order valence-electron chi connectivity index (χ3n) is 2.64. The van der Waals surface area contributed by atoms with Gasteiger partial charge in [-0.05, 0) is 20.8 Å². The van der Waals surface area contributed by atoms with Crippen LogP contribution in [0.4, 0.5) is 4.79 Å². The summed E-state index contributed by atoms with van der Waals surface area (Å²) in [6, 6.07) is 0. The zero-order valence-corrected chi connectivity index (χ0v) is 10.3. The van der Waals surface area contributed by atoms with Gasteiger partial charge in [-0.1, -0.05) is 0 Å². The Kier molecular flexibility index (Phi) is 3.98. The fourth-order valence-corrected chi connectivity index (χ4v) is 1.81. The highest BCUT2D eigenvalue weighted by Crippen LogP contribution is 2.25. The summed E-state index contributed by atoms with van der Waals surface area (Å²) in [4.78, 5) is 24.0. The quantitative estimate of drug-likeness (QED) is 0.741. The minimum atomic E-state index is -0.991. The van der Waals surface area contributed by atoms with Crippen LogP contribution in [0.25, 0.3) is 0 Å². The van der Waals surface area contributed by atoms with Crippen molar-refractivity contribution in [3.05, 3.63) is 0 Å². The predicted octanol–water partition coefficient (Wildman–Crippen LogP) is 0.546. The number of aliphatic carboxylic acids is 1. The van der Waals surface area contributed by atoms with Crippen LogP contribution in [0, 0.1) is 11.8 Å². The molecule has 1 aliphatic rings. The van der Waals surface area contributed by atoms with E-state index < -0.39 is 29.5 Å². The molecule has 1 heterocycles. The molecule has 1 aliphatic heterocycles. The molecule has 2 N–H and O–H groups in total. The molecular weight excluding hydrogens is 226 g/mol. The van der Waals surface area contributed by atoms with Gasteiger partial charge in [0.05, 0.1) is 5.92 Å². The number of carboxylic acids is 1. The van der Waals surface area contributed by atoms with Crippen molar-refractivity contribution in [3.63, 3.8) is 0 Å². The van der Waals surface area contributed by atoms with Crippen LogP contribution in [-0.4, -0.2) is 52.5 Å². The fraction of sp³-hybridized carbons (Fsp3) is 0.818. The van der Waals surface area contributed by atoms with E-state index in [1.54, 1.807) is 20.8 Å². The first kappa shape index (κ1) is 13.8. The van der Waals surface area contributed by atoms with Crippen LogP contribution in [0.5, 0.6) is 0 Å². The number of amides is 1. The maximum absolute atomic E-state index is 11.7. The lowest BCUT2D eigenvalue weighted by Crippen LogP contribution is -2.36. The number of aliphatic hydroxyl groups excluding tert-OH is 1. The van der Waals surface area contributed by atoms with Crippen molar-refractivity contribution in [2.75, 3.05) is 19.7 Å². The van der Waals surface area contributed by atoms with Crippen molar-refractivity contribution in [1.82, 2.24) is 4.90 Å². The molecule has 0 unspecified atom stereocenters. The van der Waals surface area contributed by atoms with Gasteiger partial charge in [-0.2, -0.15) is 0 Å². The first-order valence-corrected chi connectivity index (χ1v) is 5.56. The molecule has 1 saturated heterocycles. The molecule has 0 aromatic rings. The number of rotatable bonds is 2. The molecule has 98 valence electrons. The molecule has 0 saturated carbocycles. The Hall–Kier alpha value is -1.30. The Bertz CT molecular complexity index is 309. The van der Waals surface area contributed by atoms with E-state index in [0.29, 0.717) is 0 Å². The van der Waals surface area contributed by atoms with Gasteiger partial charge in [0, 0.05) is 25.6 Å². The van der Waals surface area contributed by atoms with E-state index in [9.17, 15) is 9.59 Å². The van der Waals surface area contributed by atoms with Crippen molar-refractivity contribution in [2.45, 2.75) is 26.4 Å². The van der Waals surface area contributed by atoms with Crippen molar-refractivity contribution in [1.29, 1.82) is 0 Å². The van der Waals surface area contributed by atoms with Gasteiger partial charge in [0.15, 0.2) is 0 Å². The molecule has 1 fully saturated rings. The van der Waals surface area contributed by atoms with E-state index in [2.05, 4.69) is 0 Å². The van der Waals surface area contributed by atoms with Gasteiger partial charge in [0.1, 0.15) is 5.60 Å². The first-order chi connectivity index (χ1) is 7.74. The fourth-order valence-electron chi connectivity index (χ4n) is 1.81. The molecular formula is C11H19NO5. The summed E-state index contributed by atoms with van der Waals surface area (Å²) in [5, 5.41) is 18.0. The van der Waals surface area contributed by atoms with E-state index in [1.807, 2.05) is 0 Å². The number of carbonyl (C=O) groups is 2. The van der Waals surface area contributed by atoms with E-state index in [1.165, 1.54) is 4.90 Å². The normalized spacial score (nSPS) is 24.8. The van der Waals surface area contributed by atoms with Gasteiger partial charge in [0.2, 0.25) is 0 Å². The van der Waals surface area contributed by atoms with E-state index >= 15 is 0 Å². The minimum Gasteiger partial charge on any atom is -0.481 e. The molecule has 1 rings (SSSR count). The van der Waals surface area contributed by atoms with Crippen LogP contribution in [0.2, 0.25) is 0 Å². The van der Waals surface area contributed by atoms with Crippen LogP contribution in [0.3, 0.4) is 0 Å². The minimum absolute atomic E-state index is 0.0927. The van der Waals surface area contributed by atoms with E-state index in [-0.39, 0.29) is 19.7 Å². The maximum Gasteiger partial charge on any atom is 0.410 e. The lowest BCUT2D eigenvalue weighted by molar-refractivity contribution is -0.142. The zero-order valence-electron chi connectivity index (χ0n) is 10.3. The lowest BCUT2D eigenvalue weighted by atomic mass is 9.97. The van der Waals surface area contributed by atoms with Gasteiger partial charge < -0.3 is 19.8 Å². The summed E-state index contributed by atoms with van der Waals surface area (Å²) in [5.41, 5.74) is -0.604. The van der Waals surface area contributed by atoms with Crippen LogP contribution in [0.1, 0.15) is 20.8 Å². The number of hydrogen-bond acceptors (Lipinski definition) is 4. The average molecular weight is 245 g/mol. The second-order valence-corrected chi connectivity index (χ2v) is 5.27. The number of hydrogen-bond donors (Lipinski definition) is 2. The van der Waals surface area contributed by atoms with Gasteiger partial charge >= 0.3 is 12.1 Å². The highest BCUT2D eigenvalue weighted by atomic mass is 16.6. The largest absolute Gasteiger partial charge is 0.481 e. The summed E-state index contributed by atoms with van der Waals surface area (Å²) in [6.45, 7) is 5.33. The van der Waals surface area contributed by atoms with Crippen LogP contribution >= 0.6 is 0 Å². The summed E-state index contributed by atoms with van der Waals surface area (Å²) < 4.78 is 5.15. The zero-order chi connectivity index (χ0) is 13.2. The number of aliphatic hydroxyl groups is 1. The highest BCUT2D eigenvalue weighted by Gasteiger charge is 2.40. The molecule has 0 aliphatic carbocycles. The smallest absolute Gasteiger partial charge is 0.410 e. The Balaban J connectivity index is 2.64. The number of nitrogens with zero attached hydrogens (tertiary/aromatic N) is 1. The van der Waals surface area contributed by atoms with E-state index in [0.717, 1.165) is 0 Å². The number of carboxylic acid groups (broad SMARTS) is 1. The number of ether oxygens (including phenoxy) is 1. The Labute approximate surface area is 100 Å². The average Bonchev–Trinajstić information content (AvgIpc) is 2.58. The second kappa shape index (κ2) is 4.91. The van der Waals surface area contributed by atoms with Crippen molar-refractivity contribution in [2.24, 2.45) is 11.8 Å². The summed E-state index contributed by atoms with van der Waals surface area (Å²) in [6.07, 6.45) is -0.528. The Morgan fingerprint density at radius 2 is 1.94 bits per heavy atom. The molecule has 0 aromatic carbocycles. The van der Waals surface area contributed by atoms with Gasteiger partial charge in [0.25, 0.3) is 0 Å². The highest BCUT2D eigenvalue weighted by molar-refractivity contribution is 5.74. The predicted molar refractivity (Wildman–Crippen MR) is 59.5 cm³/mol. The molecule has 1 amide bonds. The van der Waals surface area contributed by atoms with Gasteiger partial charge in [-0.3, -0.25) is 4.79 Å². The summed E-state index contributed by atoms with van der Waals surface area (Å²) >= 11 is 0. The first-order valence-electron chi connectivity index (χ1n) is 5.56. The number of likely N-dealkylation sites (tertiary alicyclic amines) is 1. The van der Waals surface area contributed by atoms with Crippen LogP contribution in [0.15, 0.2) is 0 Å². The topological polar surface area (TPSA) is 87.1 Å². The number of carbonyl (C=O) groups excluding carboxylic acids is 1. The lowest BCUT2D eigenvalue weighted by Gasteiger charge is -2.24. The standard InChI is InChI=1S/C11H19NO5/c1-11(2,3)17-10(16)12-4-7(6-13)8(5-12)9(14)15/h7-8,13H,4-6H2,1-3H3,(H,14,15)/t7-,8+/m0/s1. The van der Waals surface area contributed by atoms with Crippen molar-refractivity contribution in [3.8, 4) is 0 Å². The summed E-state index contributed by atoms with van der Waals surface area (Å²) in [5.74, 6) is -2.12. The molecule has 0 aromatic heterocycles. The van der Waals surface area contributed by atoms with Crippen LogP contribution in [-0.2, 0) is 9.53 Å². The van der Waals surface area contributed by atoms with E-state index in [4.69, 9.17) is 14.9 Å².